The first-order chi connectivity index (χ1) is 9.19. The number of hydrogen-bond acceptors (Lipinski definition) is 5. The minimum absolute atomic E-state index is 0.0178. The van der Waals surface area contributed by atoms with E-state index in [4.69, 9.17) is 5.26 Å². The monoisotopic (exact) mass is 271 g/mol. The molecule has 0 atom stereocenters. The summed E-state index contributed by atoms with van der Waals surface area (Å²) in [4.78, 5) is 14.0. The number of nitrogens with zero attached hydrogens (tertiary/aromatic N) is 3. The predicted octanol–water partition coefficient (Wildman–Crippen LogP) is 3.15. The highest BCUT2D eigenvalue weighted by atomic mass is 32.2. The second kappa shape index (κ2) is 5.98. The minimum atomic E-state index is -0.474. The van der Waals surface area contributed by atoms with Crippen molar-refractivity contribution >= 4 is 17.4 Å². The molecule has 2 rings (SSSR count). The number of hydrogen-bond donors (Lipinski definition) is 0. The molecule has 0 N–H and O–H groups in total. The van der Waals surface area contributed by atoms with Crippen LogP contribution >= 0.6 is 11.8 Å². The fourth-order valence-electron chi connectivity index (χ4n) is 1.45. The first kappa shape index (κ1) is 13.1. The molecule has 0 aliphatic rings. The number of thioether (sulfide) groups is 1. The summed E-state index contributed by atoms with van der Waals surface area (Å²) in [6, 6.07) is 12.5. The van der Waals surface area contributed by atoms with E-state index in [2.05, 4.69) is 11.1 Å². The average molecular weight is 271 g/mol. The van der Waals surface area contributed by atoms with E-state index in [1.807, 2.05) is 18.2 Å². The highest BCUT2D eigenvalue weighted by Gasteiger charge is 2.05. The summed E-state index contributed by atoms with van der Waals surface area (Å²) in [5, 5.41) is 20.0. The third-order valence-corrected chi connectivity index (χ3v) is 3.39. The van der Waals surface area contributed by atoms with Gasteiger partial charge in [-0.2, -0.15) is 5.26 Å². The topological polar surface area (TPSA) is 79.8 Å². The lowest BCUT2D eigenvalue weighted by atomic mass is 10.2. The Morgan fingerprint density at radius 3 is 2.84 bits per heavy atom. The molecule has 1 heterocycles. The molecule has 94 valence electrons. The van der Waals surface area contributed by atoms with Gasteiger partial charge in [0.15, 0.2) is 0 Å². The lowest BCUT2D eigenvalue weighted by molar-refractivity contribution is -0.385. The number of pyridine rings is 1. The Balaban J connectivity index is 2.02. The third kappa shape index (κ3) is 3.53. The molecular formula is C13H9N3O2S. The van der Waals surface area contributed by atoms with Crippen molar-refractivity contribution < 1.29 is 4.92 Å². The third-order valence-electron chi connectivity index (χ3n) is 2.37. The van der Waals surface area contributed by atoms with Gasteiger partial charge < -0.3 is 0 Å². The van der Waals surface area contributed by atoms with Crippen molar-refractivity contribution in [3.05, 3.63) is 63.8 Å². The van der Waals surface area contributed by atoms with Crippen molar-refractivity contribution in [2.45, 2.75) is 10.8 Å². The minimum Gasteiger partial charge on any atom is -0.258 e. The average Bonchev–Trinajstić information content (AvgIpc) is 2.46. The fourth-order valence-corrected chi connectivity index (χ4v) is 2.24. The maximum absolute atomic E-state index is 10.5. The van der Waals surface area contributed by atoms with Crippen molar-refractivity contribution in [2.24, 2.45) is 0 Å². The Labute approximate surface area is 114 Å². The molecule has 0 aliphatic carbocycles. The Morgan fingerprint density at radius 2 is 2.21 bits per heavy atom. The normalized spacial score (nSPS) is 9.84. The first-order valence-corrected chi connectivity index (χ1v) is 6.40. The molecule has 0 aliphatic heterocycles. The lowest BCUT2D eigenvalue weighted by Gasteiger charge is -2.01. The Hall–Kier alpha value is -2.39. The molecule has 0 amide bonds. The zero-order valence-electron chi connectivity index (χ0n) is 9.81. The van der Waals surface area contributed by atoms with Crippen LogP contribution in [0.4, 0.5) is 5.69 Å². The van der Waals surface area contributed by atoms with Crippen LogP contribution in [0.25, 0.3) is 0 Å². The van der Waals surface area contributed by atoms with Gasteiger partial charge in [-0.25, -0.2) is 4.98 Å². The molecule has 1 aromatic carbocycles. The quantitative estimate of drug-likeness (QED) is 0.484. The van der Waals surface area contributed by atoms with Crippen LogP contribution in [0.2, 0.25) is 0 Å². The summed E-state index contributed by atoms with van der Waals surface area (Å²) in [7, 11) is 0. The van der Waals surface area contributed by atoms with Gasteiger partial charge in [0.2, 0.25) is 0 Å². The fraction of sp³-hybridized carbons (Fsp3) is 0.0769. The number of benzene rings is 1. The molecule has 0 unspecified atom stereocenters. The van der Waals surface area contributed by atoms with Crippen molar-refractivity contribution in [3.63, 3.8) is 0 Å². The molecule has 5 nitrogen and oxygen atoms in total. The number of nitriles is 1. The second-order valence-electron chi connectivity index (χ2n) is 3.71. The van der Waals surface area contributed by atoms with Gasteiger partial charge in [0.25, 0.3) is 5.69 Å². The summed E-state index contributed by atoms with van der Waals surface area (Å²) in [6.45, 7) is 0. The van der Waals surface area contributed by atoms with Crippen molar-refractivity contribution in [2.75, 3.05) is 0 Å². The van der Waals surface area contributed by atoms with E-state index in [0.717, 1.165) is 5.56 Å². The molecule has 19 heavy (non-hydrogen) atoms. The van der Waals surface area contributed by atoms with E-state index in [9.17, 15) is 10.1 Å². The van der Waals surface area contributed by atoms with Gasteiger partial charge >= 0.3 is 0 Å². The molecule has 0 saturated heterocycles. The van der Waals surface area contributed by atoms with Crippen LogP contribution in [0.1, 0.15) is 11.1 Å². The largest absolute Gasteiger partial charge is 0.287 e. The van der Waals surface area contributed by atoms with Gasteiger partial charge in [0.1, 0.15) is 6.20 Å². The number of rotatable bonds is 4. The van der Waals surface area contributed by atoms with Gasteiger partial charge in [-0.05, 0) is 23.8 Å². The summed E-state index contributed by atoms with van der Waals surface area (Å²) in [5.41, 5.74) is 1.62. The number of nitro groups is 1. The highest BCUT2D eigenvalue weighted by Crippen LogP contribution is 2.22. The summed E-state index contributed by atoms with van der Waals surface area (Å²) >= 11 is 1.47. The van der Waals surface area contributed by atoms with E-state index in [-0.39, 0.29) is 5.69 Å². The maximum atomic E-state index is 10.5. The highest BCUT2D eigenvalue weighted by molar-refractivity contribution is 7.98. The summed E-state index contributed by atoms with van der Waals surface area (Å²) < 4.78 is 0. The van der Waals surface area contributed by atoms with Gasteiger partial charge in [0, 0.05) is 11.8 Å². The van der Waals surface area contributed by atoms with Crippen molar-refractivity contribution in [3.8, 4) is 6.07 Å². The van der Waals surface area contributed by atoms with Crippen molar-refractivity contribution in [1.82, 2.24) is 4.98 Å². The van der Waals surface area contributed by atoms with E-state index < -0.39 is 4.92 Å². The van der Waals surface area contributed by atoms with Crippen LogP contribution < -0.4 is 0 Å². The van der Waals surface area contributed by atoms with Gasteiger partial charge in [-0.15, -0.1) is 11.8 Å². The molecule has 0 saturated carbocycles. The Bertz CT molecular complexity index is 635. The van der Waals surface area contributed by atoms with Crippen LogP contribution in [-0.2, 0) is 5.75 Å². The van der Waals surface area contributed by atoms with Crippen LogP contribution in [-0.4, -0.2) is 9.91 Å². The van der Waals surface area contributed by atoms with Crippen LogP contribution in [0, 0.1) is 21.4 Å². The lowest BCUT2D eigenvalue weighted by Crippen LogP contribution is -1.89. The molecule has 0 fully saturated rings. The Morgan fingerprint density at radius 1 is 1.37 bits per heavy atom. The predicted molar refractivity (Wildman–Crippen MR) is 71.6 cm³/mol. The van der Waals surface area contributed by atoms with Gasteiger partial charge in [0.05, 0.1) is 21.6 Å². The van der Waals surface area contributed by atoms with E-state index >= 15 is 0 Å². The van der Waals surface area contributed by atoms with Gasteiger partial charge in [-0.1, -0.05) is 12.1 Å². The van der Waals surface area contributed by atoms with Gasteiger partial charge in [-0.3, -0.25) is 10.1 Å². The Kier molecular flexibility index (Phi) is 4.11. The molecule has 2 aromatic rings. The maximum Gasteiger partial charge on any atom is 0.287 e. The van der Waals surface area contributed by atoms with Crippen LogP contribution in [0.15, 0.2) is 47.6 Å². The second-order valence-corrected chi connectivity index (χ2v) is 4.71. The molecule has 0 bridgehead atoms. The smallest absolute Gasteiger partial charge is 0.258 e. The molecule has 1 aromatic heterocycles. The molecule has 6 heteroatoms. The van der Waals surface area contributed by atoms with E-state index in [1.165, 1.54) is 24.0 Å². The molecule has 0 radical (unpaired) electrons. The molecular weight excluding hydrogens is 262 g/mol. The summed E-state index contributed by atoms with van der Waals surface area (Å²) in [5.74, 6) is 0.667. The first-order valence-electron chi connectivity index (χ1n) is 5.41. The SMILES string of the molecule is N#Cc1cccc(CSc2ccc([N+](=O)[O-])cn2)c1. The summed E-state index contributed by atoms with van der Waals surface area (Å²) in [6.07, 6.45) is 1.24. The van der Waals surface area contributed by atoms with Crippen LogP contribution in [0.5, 0.6) is 0 Å². The van der Waals surface area contributed by atoms with Crippen molar-refractivity contribution in [1.29, 1.82) is 5.26 Å². The van der Waals surface area contributed by atoms with Crippen LogP contribution in [0.3, 0.4) is 0 Å². The zero-order valence-corrected chi connectivity index (χ0v) is 10.6. The number of aromatic nitrogens is 1. The standard InChI is InChI=1S/C13H9N3O2S/c14-7-10-2-1-3-11(6-10)9-19-13-5-4-12(8-15-13)16(17)18/h1-6,8H,9H2. The van der Waals surface area contributed by atoms with E-state index in [0.29, 0.717) is 16.3 Å². The molecule has 0 spiro atoms. The zero-order chi connectivity index (χ0) is 13.7. The van der Waals surface area contributed by atoms with E-state index in [1.54, 1.807) is 12.1 Å².